The first-order chi connectivity index (χ1) is 7.35. The third-order valence-corrected chi connectivity index (χ3v) is 1.93. The fourth-order valence-corrected chi connectivity index (χ4v) is 1.09. The van der Waals surface area contributed by atoms with Crippen molar-refractivity contribution in [3.8, 4) is 0 Å². The van der Waals surface area contributed by atoms with Crippen molar-refractivity contribution in [2.24, 2.45) is 5.73 Å². The highest BCUT2D eigenvalue weighted by atomic mass is 14.8. The highest BCUT2D eigenvalue weighted by Gasteiger charge is 1.80. The summed E-state index contributed by atoms with van der Waals surface area (Å²) >= 11 is 0. The zero-order valence-corrected chi connectivity index (χ0v) is 10.00. The largest absolute Gasteiger partial charge is 0.326 e. The molecule has 0 spiro atoms. The van der Waals surface area contributed by atoms with Crippen LogP contribution in [-0.4, -0.2) is 13.1 Å². The molecule has 0 saturated carbocycles. The molecule has 15 heavy (non-hydrogen) atoms. The molecule has 3 N–H and O–H groups in total. The van der Waals surface area contributed by atoms with Gasteiger partial charge in [-0.05, 0) is 31.5 Å². The molecule has 0 bridgehead atoms. The third kappa shape index (κ3) is 9.44. The predicted octanol–water partition coefficient (Wildman–Crippen LogP) is 2.54. The Bertz CT molecular complexity index is 205. The highest BCUT2D eigenvalue weighted by Crippen LogP contribution is 1.94. The van der Waals surface area contributed by atoms with E-state index >= 15 is 0 Å². The van der Waals surface area contributed by atoms with Crippen molar-refractivity contribution in [3.63, 3.8) is 0 Å². The Morgan fingerprint density at radius 3 is 1.87 bits per heavy atom. The molecule has 2 nitrogen and oxygen atoms in total. The summed E-state index contributed by atoms with van der Waals surface area (Å²) in [5.41, 5.74) is 6.54. The maximum atomic E-state index is 5.35. The molecule has 1 aromatic carbocycles. The van der Waals surface area contributed by atoms with Gasteiger partial charge in [0.25, 0.3) is 0 Å². The molecule has 2 heteroatoms. The van der Waals surface area contributed by atoms with Crippen molar-refractivity contribution in [1.82, 2.24) is 5.32 Å². The molecule has 0 aliphatic heterocycles. The Balaban J connectivity index is 0.000000265. The van der Waals surface area contributed by atoms with Crippen molar-refractivity contribution >= 4 is 0 Å². The summed E-state index contributed by atoms with van der Waals surface area (Å²) in [6, 6.07) is 9.99. The van der Waals surface area contributed by atoms with Gasteiger partial charge in [0.15, 0.2) is 0 Å². The molecule has 0 radical (unpaired) electrons. The normalized spacial score (nSPS) is 9.27. The molecule has 0 aliphatic rings. The SMILES string of the molecule is CCCNCCC.NCc1ccccc1. The summed E-state index contributed by atoms with van der Waals surface area (Å²) < 4.78 is 0. The van der Waals surface area contributed by atoms with Crippen molar-refractivity contribution in [2.75, 3.05) is 13.1 Å². The van der Waals surface area contributed by atoms with Crippen LogP contribution in [0.25, 0.3) is 0 Å². The molecule has 1 rings (SSSR count). The summed E-state index contributed by atoms with van der Waals surface area (Å²) in [5.74, 6) is 0. The number of rotatable bonds is 5. The fraction of sp³-hybridized carbons (Fsp3) is 0.538. The summed E-state index contributed by atoms with van der Waals surface area (Å²) in [4.78, 5) is 0. The Morgan fingerprint density at radius 2 is 1.53 bits per heavy atom. The molecule has 0 fully saturated rings. The molecule has 0 atom stereocenters. The Hall–Kier alpha value is -0.860. The van der Waals surface area contributed by atoms with Crippen LogP contribution in [-0.2, 0) is 6.54 Å². The van der Waals surface area contributed by atoms with Gasteiger partial charge >= 0.3 is 0 Å². The molecular formula is C13H24N2. The first kappa shape index (κ1) is 14.1. The molecule has 0 heterocycles. The van der Waals surface area contributed by atoms with Crippen LogP contribution in [0.1, 0.15) is 32.3 Å². The number of nitrogens with one attached hydrogen (secondary N) is 1. The number of hydrogen-bond acceptors (Lipinski definition) is 2. The van der Waals surface area contributed by atoms with Gasteiger partial charge in [0.05, 0.1) is 0 Å². The first-order valence-electron chi connectivity index (χ1n) is 5.79. The summed E-state index contributed by atoms with van der Waals surface area (Å²) in [6.07, 6.45) is 2.50. The van der Waals surface area contributed by atoms with Gasteiger partial charge in [-0.25, -0.2) is 0 Å². The monoisotopic (exact) mass is 208 g/mol. The Morgan fingerprint density at radius 1 is 1.00 bits per heavy atom. The smallest absolute Gasteiger partial charge is 0.0178 e. The molecular weight excluding hydrogens is 184 g/mol. The van der Waals surface area contributed by atoms with Gasteiger partial charge in [-0.2, -0.15) is 0 Å². The van der Waals surface area contributed by atoms with E-state index in [0.29, 0.717) is 6.54 Å². The minimum absolute atomic E-state index is 0.640. The summed E-state index contributed by atoms with van der Waals surface area (Å²) in [6.45, 7) is 7.35. The molecule has 0 unspecified atom stereocenters. The second-order valence-electron chi connectivity index (χ2n) is 3.44. The van der Waals surface area contributed by atoms with Gasteiger partial charge in [0.1, 0.15) is 0 Å². The topological polar surface area (TPSA) is 38.0 Å². The zero-order valence-electron chi connectivity index (χ0n) is 10.00. The minimum Gasteiger partial charge on any atom is -0.326 e. The Labute approximate surface area is 93.9 Å². The molecule has 0 aromatic heterocycles. The average Bonchev–Trinajstić information content (AvgIpc) is 2.32. The molecule has 1 aromatic rings. The van der Waals surface area contributed by atoms with E-state index in [2.05, 4.69) is 19.2 Å². The highest BCUT2D eigenvalue weighted by molar-refractivity contribution is 5.13. The minimum atomic E-state index is 0.640. The maximum Gasteiger partial charge on any atom is 0.0178 e. The summed E-state index contributed by atoms with van der Waals surface area (Å²) in [5, 5.41) is 3.28. The molecule has 0 aliphatic carbocycles. The van der Waals surface area contributed by atoms with Crippen LogP contribution < -0.4 is 11.1 Å². The number of hydrogen-bond donors (Lipinski definition) is 2. The molecule has 0 amide bonds. The van der Waals surface area contributed by atoms with E-state index in [4.69, 9.17) is 5.73 Å². The van der Waals surface area contributed by atoms with Crippen molar-refractivity contribution in [1.29, 1.82) is 0 Å². The summed E-state index contributed by atoms with van der Waals surface area (Å²) in [7, 11) is 0. The van der Waals surface area contributed by atoms with E-state index < -0.39 is 0 Å². The van der Waals surface area contributed by atoms with Crippen LogP contribution in [0, 0.1) is 0 Å². The van der Waals surface area contributed by atoms with Crippen molar-refractivity contribution in [3.05, 3.63) is 35.9 Å². The van der Waals surface area contributed by atoms with Gasteiger partial charge in [0.2, 0.25) is 0 Å². The number of benzene rings is 1. The maximum absolute atomic E-state index is 5.35. The molecule has 86 valence electrons. The second-order valence-corrected chi connectivity index (χ2v) is 3.44. The number of nitrogens with two attached hydrogens (primary N) is 1. The van der Waals surface area contributed by atoms with Crippen molar-refractivity contribution < 1.29 is 0 Å². The third-order valence-electron chi connectivity index (χ3n) is 1.93. The first-order valence-corrected chi connectivity index (χ1v) is 5.79. The van der Waals surface area contributed by atoms with Crippen LogP contribution >= 0.6 is 0 Å². The van der Waals surface area contributed by atoms with E-state index in [1.54, 1.807) is 0 Å². The zero-order chi connectivity index (χ0) is 11.4. The van der Waals surface area contributed by atoms with E-state index in [9.17, 15) is 0 Å². The van der Waals surface area contributed by atoms with Gasteiger partial charge in [-0.15, -0.1) is 0 Å². The standard InChI is InChI=1S/C7H9N.C6H15N/c8-6-7-4-2-1-3-5-7;1-3-5-7-6-4-2/h1-5H,6,8H2;7H,3-6H2,1-2H3. The van der Waals surface area contributed by atoms with Crippen LogP contribution in [0.4, 0.5) is 0 Å². The predicted molar refractivity (Wildman–Crippen MR) is 67.8 cm³/mol. The van der Waals surface area contributed by atoms with E-state index in [1.807, 2.05) is 30.3 Å². The fourth-order valence-electron chi connectivity index (χ4n) is 1.09. The lowest BCUT2D eigenvalue weighted by Gasteiger charge is -1.95. The lowest BCUT2D eigenvalue weighted by Crippen LogP contribution is -2.14. The average molecular weight is 208 g/mol. The van der Waals surface area contributed by atoms with Crippen LogP contribution in [0.2, 0.25) is 0 Å². The van der Waals surface area contributed by atoms with Crippen molar-refractivity contribution in [2.45, 2.75) is 33.2 Å². The van der Waals surface area contributed by atoms with E-state index in [-0.39, 0.29) is 0 Å². The van der Waals surface area contributed by atoms with Crippen LogP contribution in [0.5, 0.6) is 0 Å². The van der Waals surface area contributed by atoms with Gasteiger partial charge < -0.3 is 11.1 Å². The lowest BCUT2D eigenvalue weighted by atomic mass is 10.2. The van der Waals surface area contributed by atoms with Gasteiger partial charge in [0, 0.05) is 6.54 Å². The second kappa shape index (κ2) is 11.2. The van der Waals surface area contributed by atoms with Gasteiger partial charge in [-0.3, -0.25) is 0 Å². The lowest BCUT2D eigenvalue weighted by molar-refractivity contribution is 0.662. The Kier molecular flexibility index (Phi) is 10.6. The van der Waals surface area contributed by atoms with Gasteiger partial charge in [-0.1, -0.05) is 44.2 Å². The van der Waals surface area contributed by atoms with Crippen LogP contribution in [0.15, 0.2) is 30.3 Å². The quantitative estimate of drug-likeness (QED) is 0.730. The van der Waals surface area contributed by atoms with Crippen LogP contribution in [0.3, 0.4) is 0 Å². The van der Waals surface area contributed by atoms with E-state index in [1.165, 1.54) is 31.5 Å². The molecule has 0 saturated heterocycles. The van der Waals surface area contributed by atoms with E-state index in [0.717, 1.165) is 0 Å².